The average Bonchev–Trinajstić information content (AvgIpc) is 3.15. The number of carboxylic acid groups (broad SMARTS) is 1. The predicted molar refractivity (Wildman–Crippen MR) is 123 cm³/mol. The summed E-state index contributed by atoms with van der Waals surface area (Å²) in [5.74, 6) is 1.22. The summed E-state index contributed by atoms with van der Waals surface area (Å²) in [6.07, 6.45) is -0.798. The third-order valence-electron chi connectivity index (χ3n) is 5.34. The Morgan fingerprint density at radius 1 is 0.971 bits per heavy atom. The fourth-order valence-electron chi connectivity index (χ4n) is 3.90. The fraction of sp³-hybridized carbons (Fsp3) is 0.115. The number of amides is 2. The van der Waals surface area contributed by atoms with E-state index in [9.17, 15) is 18.8 Å². The lowest BCUT2D eigenvalue weighted by molar-refractivity contribution is -0.130. The smallest absolute Gasteiger partial charge is 0.411 e. The van der Waals surface area contributed by atoms with Gasteiger partial charge in [-0.3, -0.25) is 10.1 Å². The number of fused-ring (bicyclic) bond motifs is 3. The van der Waals surface area contributed by atoms with Gasteiger partial charge in [0, 0.05) is 11.8 Å². The Morgan fingerprint density at radius 2 is 1.62 bits per heavy atom. The highest BCUT2D eigenvalue weighted by atomic mass is 19.1. The molecule has 0 spiro atoms. The molecule has 2 amide bonds. The van der Waals surface area contributed by atoms with Crippen molar-refractivity contribution < 1.29 is 28.6 Å². The lowest BCUT2D eigenvalue weighted by Gasteiger charge is -2.15. The molecule has 1 aliphatic carbocycles. The molecule has 0 aromatic heterocycles. The van der Waals surface area contributed by atoms with Gasteiger partial charge in [-0.1, -0.05) is 54.5 Å². The zero-order valence-corrected chi connectivity index (χ0v) is 17.8. The van der Waals surface area contributed by atoms with Crippen LogP contribution in [0.5, 0.6) is 0 Å². The molecule has 0 atom stereocenters. The van der Waals surface area contributed by atoms with Crippen LogP contribution < -0.4 is 10.6 Å². The monoisotopic (exact) mass is 458 g/mol. The zero-order chi connectivity index (χ0) is 24.1. The molecule has 0 bridgehead atoms. The number of rotatable bonds is 5. The van der Waals surface area contributed by atoms with E-state index >= 15 is 0 Å². The van der Waals surface area contributed by atoms with Crippen LogP contribution in [0.4, 0.5) is 14.9 Å². The number of carbonyl (C=O) groups is 3. The Bertz CT molecular complexity index is 1300. The Hall–Kier alpha value is -4.64. The van der Waals surface area contributed by atoms with Crippen molar-refractivity contribution in [2.45, 2.75) is 5.92 Å². The SMILES string of the molecule is O=C(O)C#CCNC(=O)c1cc(F)ccc1NC(=O)OCC1c2ccccc2-c2ccccc21. The number of nitrogens with one attached hydrogen (secondary N) is 2. The largest absolute Gasteiger partial charge is 0.472 e. The molecule has 0 saturated carbocycles. The highest BCUT2D eigenvalue weighted by molar-refractivity contribution is 6.02. The number of benzene rings is 3. The van der Waals surface area contributed by atoms with Gasteiger partial charge in [-0.15, -0.1) is 0 Å². The molecular formula is C26H19FN2O5. The van der Waals surface area contributed by atoms with Gasteiger partial charge in [0.15, 0.2) is 0 Å². The Morgan fingerprint density at radius 3 is 2.26 bits per heavy atom. The van der Waals surface area contributed by atoms with Gasteiger partial charge in [0.05, 0.1) is 17.8 Å². The molecule has 0 heterocycles. The highest BCUT2D eigenvalue weighted by Gasteiger charge is 2.29. The first-order valence-corrected chi connectivity index (χ1v) is 10.4. The summed E-state index contributed by atoms with van der Waals surface area (Å²) in [6.45, 7) is -0.181. The van der Waals surface area contributed by atoms with Crippen molar-refractivity contribution in [3.8, 4) is 23.0 Å². The van der Waals surface area contributed by atoms with Crippen LogP contribution in [0.3, 0.4) is 0 Å². The van der Waals surface area contributed by atoms with Crippen LogP contribution in [-0.2, 0) is 9.53 Å². The van der Waals surface area contributed by atoms with E-state index in [1.807, 2.05) is 54.5 Å². The third kappa shape index (κ3) is 4.89. The van der Waals surface area contributed by atoms with Crippen molar-refractivity contribution in [3.63, 3.8) is 0 Å². The van der Waals surface area contributed by atoms with E-state index in [0.29, 0.717) is 0 Å². The molecular weight excluding hydrogens is 439 g/mol. The van der Waals surface area contributed by atoms with Gasteiger partial charge < -0.3 is 15.2 Å². The van der Waals surface area contributed by atoms with Crippen molar-refractivity contribution >= 4 is 23.7 Å². The molecule has 0 fully saturated rings. The van der Waals surface area contributed by atoms with Crippen molar-refractivity contribution in [1.29, 1.82) is 0 Å². The predicted octanol–water partition coefficient (Wildman–Crippen LogP) is 4.00. The zero-order valence-electron chi connectivity index (χ0n) is 17.8. The summed E-state index contributed by atoms with van der Waals surface area (Å²) in [5.41, 5.74) is 4.20. The molecule has 7 nitrogen and oxygen atoms in total. The second kappa shape index (κ2) is 9.88. The lowest BCUT2D eigenvalue weighted by Crippen LogP contribution is -2.26. The molecule has 3 N–H and O–H groups in total. The van der Waals surface area contributed by atoms with Crippen LogP contribution in [-0.4, -0.2) is 36.2 Å². The van der Waals surface area contributed by atoms with Crippen molar-refractivity contribution in [1.82, 2.24) is 5.32 Å². The molecule has 3 aromatic carbocycles. The number of hydrogen-bond donors (Lipinski definition) is 3. The minimum Gasteiger partial charge on any atom is -0.472 e. The number of ether oxygens (including phenoxy) is 1. The highest BCUT2D eigenvalue weighted by Crippen LogP contribution is 2.44. The second-order valence-electron chi connectivity index (χ2n) is 7.43. The van der Waals surface area contributed by atoms with Crippen molar-refractivity contribution in [2.75, 3.05) is 18.5 Å². The van der Waals surface area contributed by atoms with E-state index in [-0.39, 0.29) is 30.3 Å². The van der Waals surface area contributed by atoms with E-state index in [2.05, 4.69) is 16.6 Å². The summed E-state index contributed by atoms with van der Waals surface area (Å²) < 4.78 is 19.2. The summed E-state index contributed by atoms with van der Waals surface area (Å²) in [4.78, 5) is 35.4. The minimum absolute atomic E-state index is 0.0438. The summed E-state index contributed by atoms with van der Waals surface area (Å²) in [6, 6.07) is 19.1. The Kier molecular flexibility index (Phi) is 6.55. The molecule has 170 valence electrons. The first-order valence-electron chi connectivity index (χ1n) is 10.4. The fourth-order valence-corrected chi connectivity index (χ4v) is 3.90. The summed E-state index contributed by atoms with van der Waals surface area (Å²) in [5, 5.41) is 13.4. The van der Waals surface area contributed by atoms with Gasteiger partial charge >= 0.3 is 12.1 Å². The number of carbonyl (C=O) groups excluding carboxylic acids is 2. The van der Waals surface area contributed by atoms with Gasteiger partial charge in [-0.25, -0.2) is 14.0 Å². The average molecular weight is 458 g/mol. The molecule has 0 aliphatic heterocycles. The first kappa shape index (κ1) is 22.6. The molecule has 3 aromatic rings. The Balaban J connectivity index is 1.45. The quantitative estimate of drug-likeness (QED) is 0.502. The van der Waals surface area contributed by atoms with Gasteiger partial charge in [-0.2, -0.15) is 0 Å². The van der Waals surface area contributed by atoms with E-state index in [1.165, 1.54) is 6.07 Å². The van der Waals surface area contributed by atoms with Crippen molar-refractivity contribution in [2.24, 2.45) is 0 Å². The third-order valence-corrected chi connectivity index (χ3v) is 5.34. The van der Waals surface area contributed by atoms with Crippen LogP contribution in [0.1, 0.15) is 27.4 Å². The van der Waals surface area contributed by atoms with E-state index in [1.54, 1.807) is 0 Å². The summed E-state index contributed by atoms with van der Waals surface area (Å²) >= 11 is 0. The molecule has 4 rings (SSSR count). The van der Waals surface area contributed by atoms with Gasteiger partial charge in [0.25, 0.3) is 5.91 Å². The number of hydrogen-bond acceptors (Lipinski definition) is 4. The molecule has 1 aliphatic rings. The standard InChI is InChI=1S/C26H19FN2O5/c27-16-11-12-23(21(14-16)25(32)28-13-5-10-24(30)31)29-26(33)34-15-22-19-8-3-1-6-17(19)18-7-2-4-9-20(18)22/h1-4,6-9,11-12,14,22H,13,15H2,(H,28,32)(H,29,33)(H,30,31). The lowest BCUT2D eigenvalue weighted by atomic mass is 9.98. The molecule has 0 unspecified atom stereocenters. The number of carboxylic acids is 1. The van der Waals surface area contributed by atoms with Crippen molar-refractivity contribution in [3.05, 3.63) is 89.2 Å². The second-order valence-corrected chi connectivity index (χ2v) is 7.43. The molecule has 0 radical (unpaired) electrons. The number of anilines is 1. The number of halogens is 1. The van der Waals surface area contributed by atoms with Crippen LogP contribution in [0, 0.1) is 17.7 Å². The van der Waals surface area contributed by atoms with Crippen LogP contribution in [0.25, 0.3) is 11.1 Å². The molecule has 0 saturated heterocycles. The van der Waals surface area contributed by atoms with E-state index in [4.69, 9.17) is 9.84 Å². The van der Waals surface area contributed by atoms with Gasteiger partial charge in [0.2, 0.25) is 0 Å². The van der Waals surface area contributed by atoms with Gasteiger partial charge in [-0.05, 0) is 40.5 Å². The van der Waals surface area contributed by atoms with E-state index in [0.717, 1.165) is 34.4 Å². The molecule has 34 heavy (non-hydrogen) atoms. The number of aliphatic carboxylic acids is 1. The maximum Gasteiger partial charge on any atom is 0.411 e. The first-order chi connectivity index (χ1) is 16.4. The maximum atomic E-state index is 13.7. The van der Waals surface area contributed by atoms with Crippen LogP contribution in [0.2, 0.25) is 0 Å². The minimum atomic E-state index is -1.34. The van der Waals surface area contributed by atoms with Crippen LogP contribution in [0.15, 0.2) is 66.7 Å². The molecule has 8 heteroatoms. The Labute approximate surface area is 194 Å². The topological polar surface area (TPSA) is 105 Å². The summed E-state index contributed by atoms with van der Waals surface area (Å²) in [7, 11) is 0. The van der Waals surface area contributed by atoms with E-state index < -0.39 is 23.8 Å². The van der Waals surface area contributed by atoms with Gasteiger partial charge in [0.1, 0.15) is 12.4 Å². The maximum absolute atomic E-state index is 13.7. The normalized spacial score (nSPS) is 11.4. The van der Waals surface area contributed by atoms with Crippen LogP contribution >= 0.6 is 0 Å².